The van der Waals surface area contributed by atoms with Crippen LogP contribution in [0.5, 0.6) is 0 Å². The molecule has 1 fully saturated rings. The molecule has 2 atom stereocenters. The maximum absolute atomic E-state index is 2.89. The zero-order chi connectivity index (χ0) is 42.8. The minimum absolute atomic E-state index is 0.00107. The average molecular weight is 817 g/mol. The molecule has 61 heavy (non-hydrogen) atoms. The monoisotopic (exact) mass is 816 g/mol. The summed E-state index contributed by atoms with van der Waals surface area (Å²) >= 11 is 1.96. The molecule has 0 bridgehead atoms. The van der Waals surface area contributed by atoms with E-state index >= 15 is 0 Å². The Bertz CT molecular complexity index is 2990. The summed E-state index contributed by atoms with van der Waals surface area (Å²) < 4.78 is 2.72. The topological polar surface area (TPSA) is 6.48 Å². The van der Waals surface area contributed by atoms with Gasteiger partial charge in [0.25, 0.3) is 6.71 Å². The van der Waals surface area contributed by atoms with Crippen LogP contribution in [0.25, 0.3) is 31.3 Å². The van der Waals surface area contributed by atoms with Gasteiger partial charge >= 0.3 is 0 Å². The molecular weight excluding hydrogens is 756 g/mol. The van der Waals surface area contributed by atoms with E-state index in [0.29, 0.717) is 0 Å². The fourth-order valence-electron chi connectivity index (χ4n) is 12.0. The predicted octanol–water partition coefficient (Wildman–Crippen LogP) is 14.3. The standard InChI is InChI=1S/C57H61BN2S/c1-34-28-45-50-46(29-34)60-51-41(56(11)26-16-17-27-57(56,60)12)31-38(55(8,9)10)32-43(51)58(50)42-23-25-47-49(39-22-20-37(54(5,6)7)33-48(39)61-47)52(42)59(45)44-24-21-36(53(2,3)4)30-40(44)35-18-14-13-15-19-35/h13-15,18-25,28-33H,16-17,26-27H2,1-12H3. The van der Waals surface area contributed by atoms with Gasteiger partial charge in [-0.15, -0.1) is 11.3 Å². The van der Waals surface area contributed by atoms with E-state index in [1.165, 1.54) is 124 Å². The Morgan fingerprint density at radius 3 is 1.98 bits per heavy atom. The van der Waals surface area contributed by atoms with Gasteiger partial charge in [-0.05, 0) is 129 Å². The second kappa shape index (κ2) is 12.7. The first-order chi connectivity index (χ1) is 28.8. The smallest absolute Gasteiger partial charge is 0.252 e. The van der Waals surface area contributed by atoms with E-state index in [2.05, 4.69) is 196 Å². The van der Waals surface area contributed by atoms with Gasteiger partial charge in [-0.2, -0.15) is 0 Å². The number of rotatable bonds is 2. The first-order valence-electron chi connectivity index (χ1n) is 22.9. The van der Waals surface area contributed by atoms with Crippen LogP contribution >= 0.6 is 11.3 Å². The van der Waals surface area contributed by atoms with Crippen molar-refractivity contribution >= 4 is 83.0 Å². The van der Waals surface area contributed by atoms with E-state index in [1.807, 2.05) is 11.3 Å². The van der Waals surface area contributed by atoms with Crippen molar-refractivity contribution in [3.8, 4) is 11.1 Å². The van der Waals surface area contributed by atoms with Gasteiger partial charge in [0.15, 0.2) is 0 Å². The van der Waals surface area contributed by atoms with Crippen molar-refractivity contribution in [3.05, 3.63) is 131 Å². The van der Waals surface area contributed by atoms with Gasteiger partial charge in [-0.3, -0.25) is 0 Å². The first kappa shape index (κ1) is 39.1. The normalized spacial score (nSPS) is 20.6. The molecule has 2 unspecified atom stereocenters. The number of fused-ring (bicyclic) bond motifs is 11. The van der Waals surface area contributed by atoms with Crippen LogP contribution in [-0.2, 0) is 21.7 Å². The number of aryl methyl sites for hydroxylation is 1. The van der Waals surface area contributed by atoms with Crippen molar-refractivity contribution in [1.82, 2.24) is 0 Å². The van der Waals surface area contributed by atoms with E-state index in [-0.39, 0.29) is 33.9 Å². The molecule has 1 aliphatic carbocycles. The third-order valence-corrected chi connectivity index (χ3v) is 16.8. The van der Waals surface area contributed by atoms with Crippen LogP contribution in [0.4, 0.5) is 28.4 Å². The lowest BCUT2D eigenvalue weighted by atomic mass is 9.33. The molecule has 0 radical (unpaired) electrons. The molecular formula is C57H61BN2S. The summed E-state index contributed by atoms with van der Waals surface area (Å²) in [5.41, 5.74) is 20.9. The van der Waals surface area contributed by atoms with Crippen molar-refractivity contribution in [2.75, 3.05) is 9.80 Å². The summed E-state index contributed by atoms with van der Waals surface area (Å²) in [6, 6.07) is 41.2. The molecule has 0 saturated heterocycles. The quantitative estimate of drug-likeness (QED) is 0.160. The highest BCUT2D eigenvalue weighted by atomic mass is 32.1. The molecule has 7 aromatic rings. The van der Waals surface area contributed by atoms with Crippen molar-refractivity contribution in [1.29, 1.82) is 0 Å². The molecule has 4 heterocycles. The number of benzene rings is 6. The molecule has 0 N–H and O–H groups in total. The molecule has 1 saturated carbocycles. The molecule has 3 aliphatic heterocycles. The SMILES string of the molecule is Cc1cc2c3c(c1)N1c4c(cc(C(C)(C)C)cc4C4(C)CCCCC14C)B3c1ccc3sc4cc(C(C)(C)C)ccc4c3c1N2c1ccc(C(C)(C)C)cc1-c1ccccc1. The fraction of sp³-hybridized carbons (Fsp3) is 0.368. The number of anilines is 5. The minimum Gasteiger partial charge on any atom is -0.335 e. The number of thiophene rings is 1. The molecule has 6 aromatic carbocycles. The van der Waals surface area contributed by atoms with Crippen molar-refractivity contribution < 1.29 is 0 Å². The van der Waals surface area contributed by atoms with Gasteiger partial charge < -0.3 is 9.80 Å². The Labute approximate surface area is 369 Å². The van der Waals surface area contributed by atoms with E-state index in [4.69, 9.17) is 0 Å². The molecule has 2 nitrogen and oxygen atoms in total. The maximum Gasteiger partial charge on any atom is 0.252 e. The molecule has 4 aliphatic rings. The second-order valence-corrected chi connectivity index (χ2v) is 23.7. The summed E-state index contributed by atoms with van der Waals surface area (Å²) in [6.45, 7) is 28.9. The third kappa shape index (κ3) is 5.39. The van der Waals surface area contributed by atoms with Crippen LogP contribution in [0.2, 0.25) is 0 Å². The molecule has 4 heteroatoms. The highest BCUT2D eigenvalue weighted by Crippen LogP contribution is 2.62. The van der Waals surface area contributed by atoms with Crippen molar-refractivity contribution in [2.45, 2.75) is 136 Å². The van der Waals surface area contributed by atoms with Gasteiger partial charge in [-0.1, -0.05) is 149 Å². The second-order valence-electron chi connectivity index (χ2n) is 22.6. The predicted molar refractivity (Wildman–Crippen MR) is 268 cm³/mol. The molecule has 0 spiro atoms. The molecule has 11 rings (SSSR count). The van der Waals surface area contributed by atoms with Crippen molar-refractivity contribution in [2.24, 2.45) is 0 Å². The number of nitrogens with zero attached hydrogens (tertiary/aromatic N) is 2. The minimum atomic E-state index is -0.0295. The molecule has 1 aromatic heterocycles. The Hall–Kier alpha value is -4.80. The summed E-state index contributed by atoms with van der Waals surface area (Å²) in [5.74, 6) is 0. The van der Waals surface area contributed by atoms with Crippen LogP contribution in [0.1, 0.15) is 130 Å². The number of hydrogen-bond donors (Lipinski definition) is 0. The molecule has 0 amide bonds. The largest absolute Gasteiger partial charge is 0.335 e. The summed E-state index contributed by atoms with van der Waals surface area (Å²) in [7, 11) is 0. The number of hydrogen-bond acceptors (Lipinski definition) is 3. The van der Waals surface area contributed by atoms with E-state index in [1.54, 1.807) is 5.56 Å². The summed E-state index contributed by atoms with van der Waals surface area (Å²) in [4.78, 5) is 5.62. The van der Waals surface area contributed by atoms with E-state index in [0.717, 1.165) is 0 Å². The van der Waals surface area contributed by atoms with Crippen LogP contribution in [0.3, 0.4) is 0 Å². The summed E-state index contributed by atoms with van der Waals surface area (Å²) in [6.07, 6.45) is 4.97. The maximum atomic E-state index is 2.89. The zero-order valence-electron chi connectivity index (χ0n) is 38.5. The van der Waals surface area contributed by atoms with Gasteiger partial charge in [-0.25, -0.2) is 0 Å². The Morgan fingerprint density at radius 1 is 0.590 bits per heavy atom. The Balaban J connectivity index is 1.31. The fourth-order valence-corrected chi connectivity index (χ4v) is 13.2. The lowest BCUT2D eigenvalue weighted by molar-refractivity contribution is 0.195. The van der Waals surface area contributed by atoms with Crippen LogP contribution in [0.15, 0.2) is 103 Å². The van der Waals surface area contributed by atoms with Gasteiger partial charge in [0.2, 0.25) is 0 Å². The third-order valence-electron chi connectivity index (χ3n) is 15.7. The lowest BCUT2D eigenvalue weighted by Gasteiger charge is -2.53. The van der Waals surface area contributed by atoms with Gasteiger partial charge in [0, 0.05) is 48.2 Å². The van der Waals surface area contributed by atoms with Crippen LogP contribution in [0, 0.1) is 6.92 Å². The first-order valence-corrected chi connectivity index (χ1v) is 23.7. The van der Waals surface area contributed by atoms with E-state index in [9.17, 15) is 0 Å². The van der Waals surface area contributed by atoms with Gasteiger partial charge in [0.05, 0.1) is 16.9 Å². The Morgan fingerprint density at radius 2 is 1.26 bits per heavy atom. The molecule has 308 valence electrons. The average Bonchev–Trinajstić information content (AvgIpc) is 3.68. The van der Waals surface area contributed by atoms with Crippen molar-refractivity contribution in [3.63, 3.8) is 0 Å². The van der Waals surface area contributed by atoms with E-state index < -0.39 is 0 Å². The van der Waals surface area contributed by atoms with Gasteiger partial charge in [0.1, 0.15) is 0 Å². The zero-order valence-corrected chi connectivity index (χ0v) is 39.3. The highest BCUT2D eigenvalue weighted by molar-refractivity contribution is 7.26. The highest BCUT2D eigenvalue weighted by Gasteiger charge is 2.61. The van der Waals surface area contributed by atoms with Crippen LogP contribution < -0.4 is 26.2 Å². The lowest BCUT2D eigenvalue weighted by Crippen LogP contribution is -2.64. The van der Waals surface area contributed by atoms with Crippen LogP contribution in [-0.4, -0.2) is 12.3 Å². The Kier molecular flexibility index (Phi) is 8.11. The summed E-state index contributed by atoms with van der Waals surface area (Å²) in [5, 5.41) is 2.74.